The Morgan fingerprint density at radius 2 is 1.95 bits per heavy atom. The predicted octanol–water partition coefficient (Wildman–Crippen LogP) is 6.68. The van der Waals surface area contributed by atoms with E-state index in [1.165, 1.54) is 4.90 Å². The molecule has 1 amide bonds. The lowest BCUT2D eigenvalue weighted by molar-refractivity contribution is 0.154. The third-order valence-corrected chi connectivity index (χ3v) is 7.43. The minimum Gasteiger partial charge on any atom is -0.465 e. The number of pyridine rings is 2. The van der Waals surface area contributed by atoms with Crippen LogP contribution in [-0.4, -0.2) is 53.3 Å². The second-order valence-electron chi connectivity index (χ2n) is 9.23. The number of carbonyl (C=O) groups is 1. The van der Waals surface area contributed by atoms with Crippen molar-refractivity contribution in [1.82, 2.24) is 29.0 Å². The van der Waals surface area contributed by atoms with Crippen molar-refractivity contribution in [2.24, 2.45) is 0 Å². The summed E-state index contributed by atoms with van der Waals surface area (Å²) in [6.45, 7) is 7.05. The molecule has 10 heteroatoms. The molecule has 1 saturated heterocycles. The van der Waals surface area contributed by atoms with Gasteiger partial charge in [-0.05, 0) is 43.2 Å². The van der Waals surface area contributed by atoms with Crippen molar-refractivity contribution in [3.63, 3.8) is 0 Å². The van der Waals surface area contributed by atoms with E-state index in [9.17, 15) is 9.90 Å². The third kappa shape index (κ3) is 3.93. The molecule has 0 bridgehead atoms. The van der Waals surface area contributed by atoms with Gasteiger partial charge in [0.2, 0.25) is 0 Å². The molecule has 1 aromatic carbocycles. The van der Waals surface area contributed by atoms with E-state index in [0.717, 1.165) is 45.4 Å². The zero-order chi connectivity index (χ0) is 25.8. The number of aromatic nitrogens is 5. The van der Waals surface area contributed by atoms with Gasteiger partial charge in [0.25, 0.3) is 0 Å². The van der Waals surface area contributed by atoms with Crippen molar-refractivity contribution in [1.29, 1.82) is 0 Å². The van der Waals surface area contributed by atoms with Crippen LogP contribution in [0, 0.1) is 0 Å². The van der Waals surface area contributed by atoms with E-state index >= 15 is 0 Å². The molecule has 186 valence electrons. The van der Waals surface area contributed by atoms with E-state index in [-0.39, 0.29) is 6.04 Å². The molecule has 0 radical (unpaired) electrons. The second kappa shape index (κ2) is 8.90. The van der Waals surface area contributed by atoms with Crippen molar-refractivity contribution in [2.75, 3.05) is 13.1 Å². The van der Waals surface area contributed by atoms with E-state index in [1.54, 1.807) is 24.4 Å². The van der Waals surface area contributed by atoms with Gasteiger partial charge in [-0.3, -0.25) is 14.1 Å². The Kier molecular flexibility index (Phi) is 5.66. The molecule has 5 aromatic rings. The van der Waals surface area contributed by atoms with E-state index in [0.29, 0.717) is 34.4 Å². The van der Waals surface area contributed by atoms with Gasteiger partial charge >= 0.3 is 6.09 Å². The molecule has 1 aliphatic rings. The van der Waals surface area contributed by atoms with Crippen molar-refractivity contribution in [3.05, 3.63) is 77.4 Å². The number of likely N-dealkylation sites (tertiary alicyclic amines) is 1. The normalized spacial score (nSPS) is 15.6. The van der Waals surface area contributed by atoms with Crippen molar-refractivity contribution < 1.29 is 9.90 Å². The van der Waals surface area contributed by atoms with Crippen LogP contribution in [0.15, 0.2) is 61.7 Å². The lowest BCUT2D eigenvalue weighted by atomic mass is 10.1. The van der Waals surface area contributed by atoms with Crippen LogP contribution in [-0.2, 0) is 0 Å². The van der Waals surface area contributed by atoms with Crippen LogP contribution in [0.5, 0.6) is 0 Å². The lowest BCUT2D eigenvalue weighted by Gasteiger charge is -2.12. The Balaban J connectivity index is 1.47. The molecular formula is C27H22Cl2N6O2. The van der Waals surface area contributed by atoms with Crippen LogP contribution in [0.4, 0.5) is 4.79 Å². The Hall–Kier alpha value is -3.88. The number of carboxylic acid groups (broad SMARTS) is 1. The van der Waals surface area contributed by atoms with Crippen LogP contribution in [0.2, 0.25) is 10.0 Å². The first kappa shape index (κ1) is 23.5. The Bertz CT molecular complexity index is 1700. The smallest absolute Gasteiger partial charge is 0.407 e. The van der Waals surface area contributed by atoms with E-state index in [4.69, 9.17) is 33.2 Å². The SMILES string of the molecule is C=C(C)c1c(-c2c(Cl)cccc2Cl)nc2c3cc(-c4cnn(C5CCN(C(=O)O)C5)c4)cnc3ccn12. The molecule has 4 aromatic heterocycles. The standard InChI is InChI=1S/C27H22Cl2N6O2/c1-15(2)25-24(23-20(28)4-3-5-21(23)29)32-26-19-10-16(11-30-22(19)7-9-34(25)26)17-12-31-35(13-17)18-6-8-33(14-18)27(36)37/h3-5,7,9-13,18H,1,6,8,14H2,2H3,(H,36,37). The van der Waals surface area contributed by atoms with Gasteiger partial charge in [-0.25, -0.2) is 9.78 Å². The zero-order valence-electron chi connectivity index (χ0n) is 19.9. The molecule has 1 fully saturated rings. The van der Waals surface area contributed by atoms with Crippen molar-refractivity contribution in [2.45, 2.75) is 19.4 Å². The Morgan fingerprint density at radius 1 is 1.16 bits per heavy atom. The minimum absolute atomic E-state index is 0.0123. The fourth-order valence-electron chi connectivity index (χ4n) is 4.98. The maximum absolute atomic E-state index is 11.3. The summed E-state index contributed by atoms with van der Waals surface area (Å²) in [4.78, 5) is 22.4. The first-order valence-electron chi connectivity index (χ1n) is 11.8. The zero-order valence-corrected chi connectivity index (χ0v) is 21.4. The van der Waals surface area contributed by atoms with Crippen LogP contribution in [0.25, 0.3) is 44.5 Å². The predicted molar refractivity (Wildman–Crippen MR) is 145 cm³/mol. The molecule has 0 saturated carbocycles. The summed E-state index contributed by atoms with van der Waals surface area (Å²) in [5.41, 5.74) is 6.28. The van der Waals surface area contributed by atoms with Gasteiger partial charge in [0, 0.05) is 53.8 Å². The molecule has 0 aliphatic carbocycles. The minimum atomic E-state index is -0.899. The third-order valence-electron chi connectivity index (χ3n) is 6.80. The van der Waals surface area contributed by atoms with Gasteiger partial charge in [0.1, 0.15) is 11.3 Å². The van der Waals surface area contributed by atoms with Crippen molar-refractivity contribution >= 4 is 51.4 Å². The second-order valence-corrected chi connectivity index (χ2v) is 10.0. The van der Waals surface area contributed by atoms with Crippen LogP contribution >= 0.6 is 23.2 Å². The largest absolute Gasteiger partial charge is 0.465 e. The highest BCUT2D eigenvalue weighted by atomic mass is 35.5. The maximum atomic E-state index is 11.3. The van der Waals surface area contributed by atoms with Gasteiger partial charge < -0.3 is 10.0 Å². The number of benzene rings is 1. The summed E-state index contributed by atoms with van der Waals surface area (Å²) < 4.78 is 3.84. The molecule has 5 heterocycles. The number of fused-ring (bicyclic) bond motifs is 3. The molecule has 37 heavy (non-hydrogen) atoms. The maximum Gasteiger partial charge on any atom is 0.407 e. The summed E-state index contributed by atoms with van der Waals surface area (Å²) in [6.07, 6.45) is 7.30. The summed E-state index contributed by atoms with van der Waals surface area (Å²) in [5, 5.41) is 15.7. The fraction of sp³-hybridized carbons (Fsp3) is 0.185. The van der Waals surface area contributed by atoms with Crippen LogP contribution in [0.3, 0.4) is 0 Å². The van der Waals surface area contributed by atoms with Crippen LogP contribution < -0.4 is 0 Å². The lowest BCUT2D eigenvalue weighted by Crippen LogP contribution is -2.27. The summed E-state index contributed by atoms with van der Waals surface area (Å²) in [7, 11) is 0. The molecule has 1 aliphatic heterocycles. The van der Waals surface area contributed by atoms with Gasteiger partial charge in [0.05, 0.1) is 33.5 Å². The number of hydrogen-bond acceptors (Lipinski definition) is 4. The first-order chi connectivity index (χ1) is 17.8. The quantitative estimate of drug-likeness (QED) is 0.279. The molecule has 1 atom stereocenters. The highest BCUT2D eigenvalue weighted by Gasteiger charge is 2.28. The summed E-state index contributed by atoms with van der Waals surface area (Å²) in [6, 6.07) is 9.40. The highest BCUT2D eigenvalue weighted by Crippen LogP contribution is 2.39. The summed E-state index contributed by atoms with van der Waals surface area (Å²) >= 11 is 13.1. The molecule has 6 rings (SSSR count). The fourth-order valence-corrected chi connectivity index (χ4v) is 5.56. The topological polar surface area (TPSA) is 88.5 Å². The molecule has 0 spiro atoms. The first-order valence-corrected chi connectivity index (χ1v) is 12.5. The number of allylic oxidation sites excluding steroid dienone is 1. The van der Waals surface area contributed by atoms with Gasteiger partial charge in [-0.15, -0.1) is 0 Å². The number of imidazole rings is 1. The average molecular weight is 533 g/mol. The van der Waals surface area contributed by atoms with Gasteiger partial charge in [0.15, 0.2) is 0 Å². The number of rotatable bonds is 4. The van der Waals surface area contributed by atoms with E-state index in [1.807, 2.05) is 46.7 Å². The Morgan fingerprint density at radius 3 is 2.65 bits per heavy atom. The summed E-state index contributed by atoms with van der Waals surface area (Å²) in [5.74, 6) is 0. The number of nitrogens with zero attached hydrogens (tertiary/aromatic N) is 6. The monoisotopic (exact) mass is 532 g/mol. The van der Waals surface area contributed by atoms with Crippen molar-refractivity contribution in [3.8, 4) is 22.4 Å². The molecule has 8 nitrogen and oxygen atoms in total. The molecular weight excluding hydrogens is 511 g/mol. The number of hydrogen-bond donors (Lipinski definition) is 1. The Labute approximate surface area is 222 Å². The molecule has 1 unspecified atom stereocenters. The van der Waals surface area contributed by atoms with Gasteiger partial charge in [-0.2, -0.15) is 5.10 Å². The van der Waals surface area contributed by atoms with Crippen LogP contribution in [0.1, 0.15) is 25.1 Å². The molecule has 1 N–H and O–H groups in total. The average Bonchev–Trinajstić information content (AvgIpc) is 3.61. The van der Waals surface area contributed by atoms with E-state index < -0.39 is 6.09 Å². The van der Waals surface area contributed by atoms with E-state index in [2.05, 4.69) is 11.7 Å². The number of halogens is 2. The van der Waals surface area contributed by atoms with Gasteiger partial charge in [-0.1, -0.05) is 35.8 Å². The highest BCUT2D eigenvalue weighted by molar-refractivity contribution is 6.39. The number of amides is 1.